The van der Waals surface area contributed by atoms with Gasteiger partial charge in [0.15, 0.2) is 0 Å². The normalized spacial score (nSPS) is 29.4. The molecule has 0 aliphatic carbocycles. The van der Waals surface area contributed by atoms with Gasteiger partial charge in [-0.2, -0.15) is 0 Å². The maximum absolute atomic E-state index is 9.77. The molecule has 0 unspecified atom stereocenters. The molecule has 1 saturated heterocycles. The molecule has 0 amide bonds. The van der Waals surface area contributed by atoms with Crippen molar-refractivity contribution < 1.29 is 5.11 Å². The van der Waals surface area contributed by atoms with Crippen LogP contribution < -0.4 is 0 Å². The first-order valence-corrected chi connectivity index (χ1v) is 4.69. The fourth-order valence-electron chi connectivity index (χ4n) is 2.01. The van der Waals surface area contributed by atoms with Crippen LogP contribution in [0, 0.1) is 0 Å². The quantitative estimate of drug-likeness (QED) is 0.693. The number of nitrogens with zero attached hydrogens (tertiary/aromatic N) is 1. The summed E-state index contributed by atoms with van der Waals surface area (Å²) in [6, 6.07) is 10.2. The predicted octanol–water partition coefficient (Wildman–Crippen LogP) is 1.08. The molecule has 2 nitrogen and oxygen atoms in total. The van der Waals surface area contributed by atoms with Crippen LogP contribution in [0.1, 0.15) is 11.5 Å². The molecule has 0 bridgehead atoms. The molecule has 1 aromatic rings. The Morgan fingerprint density at radius 1 is 1.23 bits per heavy atom. The minimum absolute atomic E-state index is 0.201. The van der Waals surface area contributed by atoms with Crippen LogP contribution in [0.4, 0.5) is 0 Å². The second kappa shape index (κ2) is 3.48. The van der Waals surface area contributed by atoms with Crippen molar-refractivity contribution in [3.05, 3.63) is 35.9 Å². The third kappa shape index (κ3) is 1.74. The van der Waals surface area contributed by atoms with Crippen LogP contribution in [-0.2, 0) is 0 Å². The van der Waals surface area contributed by atoms with Gasteiger partial charge in [0.1, 0.15) is 0 Å². The van der Waals surface area contributed by atoms with E-state index in [0.29, 0.717) is 5.92 Å². The van der Waals surface area contributed by atoms with Crippen LogP contribution in [0.2, 0.25) is 0 Å². The maximum atomic E-state index is 9.77. The number of likely N-dealkylation sites (N-methyl/N-ethyl adjacent to an activating group) is 1. The van der Waals surface area contributed by atoms with Gasteiger partial charge < -0.3 is 10.0 Å². The molecule has 1 heterocycles. The lowest BCUT2D eigenvalue weighted by Crippen LogP contribution is -2.16. The molecule has 1 aromatic carbocycles. The summed E-state index contributed by atoms with van der Waals surface area (Å²) in [4.78, 5) is 2.17. The zero-order valence-electron chi connectivity index (χ0n) is 7.85. The van der Waals surface area contributed by atoms with Crippen LogP contribution in [0.25, 0.3) is 0 Å². The first-order chi connectivity index (χ1) is 6.27. The lowest BCUT2D eigenvalue weighted by atomic mass is 9.96. The minimum atomic E-state index is -0.201. The minimum Gasteiger partial charge on any atom is -0.391 e. The highest BCUT2D eigenvalue weighted by atomic mass is 16.3. The third-order valence-corrected chi connectivity index (χ3v) is 2.70. The lowest BCUT2D eigenvalue weighted by molar-refractivity contribution is 0.168. The summed E-state index contributed by atoms with van der Waals surface area (Å²) in [5.74, 6) is 0.297. The Balaban J connectivity index is 2.18. The topological polar surface area (TPSA) is 23.5 Å². The second-order valence-corrected chi connectivity index (χ2v) is 3.81. The van der Waals surface area contributed by atoms with Gasteiger partial charge in [-0.15, -0.1) is 0 Å². The van der Waals surface area contributed by atoms with Crippen molar-refractivity contribution >= 4 is 0 Å². The Morgan fingerprint density at radius 3 is 2.46 bits per heavy atom. The molecule has 1 aliphatic heterocycles. The molecular weight excluding hydrogens is 162 g/mol. The van der Waals surface area contributed by atoms with E-state index in [0.717, 1.165) is 13.1 Å². The number of hydrogen-bond acceptors (Lipinski definition) is 2. The van der Waals surface area contributed by atoms with Gasteiger partial charge in [-0.1, -0.05) is 30.3 Å². The summed E-state index contributed by atoms with van der Waals surface area (Å²) in [7, 11) is 2.05. The summed E-state index contributed by atoms with van der Waals surface area (Å²) in [5, 5.41) is 9.77. The first-order valence-electron chi connectivity index (χ1n) is 4.69. The van der Waals surface area contributed by atoms with Gasteiger partial charge in [-0.25, -0.2) is 0 Å². The van der Waals surface area contributed by atoms with Gasteiger partial charge >= 0.3 is 0 Å². The Morgan fingerprint density at radius 2 is 1.92 bits per heavy atom. The van der Waals surface area contributed by atoms with E-state index >= 15 is 0 Å². The predicted molar refractivity (Wildman–Crippen MR) is 52.7 cm³/mol. The number of rotatable bonds is 1. The Labute approximate surface area is 78.8 Å². The molecule has 0 saturated carbocycles. The zero-order valence-corrected chi connectivity index (χ0v) is 7.85. The van der Waals surface area contributed by atoms with Gasteiger partial charge in [0, 0.05) is 19.0 Å². The molecule has 0 spiro atoms. The molecular formula is C11H15NO. The average Bonchev–Trinajstić information content (AvgIpc) is 2.47. The molecule has 13 heavy (non-hydrogen) atoms. The highest BCUT2D eigenvalue weighted by molar-refractivity contribution is 5.22. The van der Waals surface area contributed by atoms with Gasteiger partial charge in [-0.05, 0) is 12.6 Å². The third-order valence-electron chi connectivity index (χ3n) is 2.70. The highest BCUT2D eigenvalue weighted by Crippen LogP contribution is 2.26. The average molecular weight is 177 g/mol. The molecule has 1 aliphatic rings. The van der Waals surface area contributed by atoms with Crippen molar-refractivity contribution in [2.24, 2.45) is 0 Å². The fourth-order valence-corrected chi connectivity index (χ4v) is 2.01. The highest BCUT2D eigenvalue weighted by Gasteiger charge is 2.29. The zero-order chi connectivity index (χ0) is 9.26. The number of aliphatic hydroxyl groups excluding tert-OH is 1. The number of β-amino-alcohol motifs (C(OH)–C–C–N with tert-alkyl or cyclic N) is 1. The molecule has 0 aromatic heterocycles. The van der Waals surface area contributed by atoms with Crippen LogP contribution in [0.15, 0.2) is 30.3 Å². The first kappa shape index (κ1) is 8.73. The monoisotopic (exact) mass is 177 g/mol. The molecule has 2 rings (SSSR count). The van der Waals surface area contributed by atoms with E-state index in [1.54, 1.807) is 0 Å². The summed E-state index contributed by atoms with van der Waals surface area (Å²) >= 11 is 0. The van der Waals surface area contributed by atoms with E-state index in [4.69, 9.17) is 0 Å². The Hall–Kier alpha value is -0.860. The number of likely N-dealkylation sites (tertiary alicyclic amines) is 1. The standard InChI is InChI=1S/C11H15NO/c1-12-7-10(11(13)8-12)9-5-3-2-4-6-9/h2-6,10-11,13H,7-8H2,1H3/t10-,11+/m0/s1. The fraction of sp³-hybridized carbons (Fsp3) is 0.455. The van der Waals surface area contributed by atoms with Gasteiger partial charge in [0.05, 0.1) is 6.10 Å². The van der Waals surface area contributed by atoms with E-state index in [1.807, 2.05) is 25.2 Å². The van der Waals surface area contributed by atoms with Crippen LogP contribution in [0.3, 0.4) is 0 Å². The van der Waals surface area contributed by atoms with Crippen LogP contribution >= 0.6 is 0 Å². The van der Waals surface area contributed by atoms with Gasteiger partial charge in [0.2, 0.25) is 0 Å². The summed E-state index contributed by atoms with van der Waals surface area (Å²) in [5.41, 5.74) is 1.25. The molecule has 0 radical (unpaired) electrons. The Bertz CT molecular complexity index is 273. The maximum Gasteiger partial charge on any atom is 0.0747 e. The van der Waals surface area contributed by atoms with Gasteiger partial charge in [-0.3, -0.25) is 0 Å². The molecule has 1 N–H and O–H groups in total. The van der Waals surface area contributed by atoms with Crippen molar-refractivity contribution in [3.8, 4) is 0 Å². The van der Waals surface area contributed by atoms with E-state index in [-0.39, 0.29) is 6.10 Å². The summed E-state index contributed by atoms with van der Waals surface area (Å²) in [6.07, 6.45) is -0.201. The van der Waals surface area contributed by atoms with Crippen molar-refractivity contribution in [2.75, 3.05) is 20.1 Å². The molecule has 2 atom stereocenters. The molecule has 70 valence electrons. The van der Waals surface area contributed by atoms with Crippen molar-refractivity contribution in [3.63, 3.8) is 0 Å². The SMILES string of the molecule is CN1C[C@@H](O)[C@H](c2ccccc2)C1. The van der Waals surface area contributed by atoms with E-state index < -0.39 is 0 Å². The summed E-state index contributed by atoms with van der Waals surface area (Å²) < 4.78 is 0. The molecule has 2 heteroatoms. The van der Waals surface area contributed by atoms with Crippen LogP contribution in [-0.4, -0.2) is 36.2 Å². The van der Waals surface area contributed by atoms with E-state index in [9.17, 15) is 5.11 Å². The number of aliphatic hydroxyl groups is 1. The molecule has 1 fully saturated rings. The van der Waals surface area contributed by atoms with E-state index in [2.05, 4.69) is 17.0 Å². The number of hydrogen-bond donors (Lipinski definition) is 1. The second-order valence-electron chi connectivity index (χ2n) is 3.81. The van der Waals surface area contributed by atoms with E-state index in [1.165, 1.54) is 5.56 Å². The van der Waals surface area contributed by atoms with Gasteiger partial charge in [0.25, 0.3) is 0 Å². The smallest absolute Gasteiger partial charge is 0.0747 e. The van der Waals surface area contributed by atoms with Crippen molar-refractivity contribution in [1.82, 2.24) is 4.90 Å². The number of benzene rings is 1. The Kier molecular flexibility index (Phi) is 2.34. The van der Waals surface area contributed by atoms with Crippen LogP contribution in [0.5, 0.6) is 0 Å². The lowest BCUT2D eigenvalue weighted by Gasteiger charge is -2.13. The van der Waals surface area contributed by atoms with Crippen molar-refractivity contribution in [1.29, 1.82) is 0 Å². The van der Waals surface area contributed by atoms with Crippen molar-refractivity contribution in [2.45, 2.75) is 12.0 Å². The largest absolute Gasteiger partial charge is 0.391 e. The summed E-state index contributed by atoms with van der Waals surface area (Å²) in [6.45, 7) is 1.75.